The molecule has 94 valence electrons. The summed E-state index contributed by atoms with van der Waals surface area (Å²) in [5.74, 6) is 0.250. The Morgan fingerprint density at radius 2 is 1.81 bits per heavy atom. The molecule has 0 fully saturated rings. The lowest BCUT2D eigenvalue weighted by Gasteiger charge is -2.20. The second kappa shape index (κ2) is 6.74. The number of carbonyl (C=O) groups excluding carboxylic acids is 2. The topological polar surface area (TPSA) is 58.2 Å². The number of halogens is 1. The fraction of sp³-hybridized carbons (Fsp3) is 0.818. The highest BCUT2D eigenvalue weighted by Gasteiger charge is 2.26. The SMILES string of the molecule is CC(C)CNC(=O)CNC(=O)C(C)(C)CCl. The van der Waals surface area contributed by atoms with Gasteiger partial charge in [0, 0.05) is 12.4 Å². The molecule has 0 atom stereocenters. The first-order valence-electron chi connectivity index (χ1n) is 5.40. The van der Waals surface area contributed by atoms with Crippen LogP contribution < -0.4 is 10.6 Å². The highest BCUT2D eigenvalue weighted by molar-refractivity contribution is 6.19. The van der Waals surface area contributed by atoms with Crippen LogP contribution in [-0.2, 0) is 9.59 Å². The Hall–Kier alpha value is -0.770. The van der Waals surface area contributed by atoms with E-state index in [4.69, 9.17) is 11.6 Å². The standard InChI is InChI=1S/C11H21ClN2O2/c1-8(2)5-13-9(15)6-14-10(16)11(3,4)7-12/h8H,5-7H2,1-4H3,(H,13,15)(H,14,16). The van der Waals surface area contributed by atoms with Gasteiger partial charge in [0.05, 0.1) is 12.0 Å². The van der Waals surface area contributed by atoms with Crippen molar-refractivity contribution >= 4 is 23.4 Å². The lowest BCUT2D eigenvalue weighted by atomic mass is 9.95. The Morgan fingerprint density at radius 3 is 2.25 bits per heavy atom. The lowest BCUT2D eigenvalue weighted by Crippen LogP contribution is -2.44. The largest absolute Gasteiger partial charge is 0.354 e. The first kappa shape index (κ1) is 15.2. The molecule has 5 heteroatoms. The first-order valence-corrected chi connectivity index (χ1v) is 5.94. The van der Waals surface area contributed by atoms with E-state index in [2.05, 4.69) is 10.6 Å². The van der Waals surface area contributed by atoms with E-state index >= 15 is 0 Å². The molecule has 4 nitrogen and oxygen atoms in total. The van der Waals surface area contributed by atoms with Gasteiger partial charge in [-0.15, -0.1) is 11.6 Å². The van der Waals surface area contributed by atoms with Crippen molar-refractivity contribution in [3.8, 4) is 0 Å². The quantitative estimate of drug-likeness (QED) is 0.693. The van der Waals surface area contributed by atoms with E-state index in [0.717, 1.165) is 0 Å². The third-order valence-electron chi connectivity index (χ3n) is 2.07. The van der Waals surface area contributed by atoms with Gasteiger partial charge in [-0.1, -0.05) is 13.8 Å². The first-order chi connectivity index (χ1) is 7.29. The Kier molecular flexibility index (Phi) is 6.41. The molecular formula is C11H21ClN2O2. The number of alkyl halides is 1. The third-order valence-corrected chi connectivity index (χ3v) is 2.73. The highest BCUT2D eigenvalue weighted by Crippen LogP contribution is 2.16. The van der Waals surface area contributed by atoms with Crippen molar-refractivity contribution in [3.05, 3.63) is 0 Å². The van der Waals surface area contributed by atoms with Crippen LogP contribution in [0.4, 0.5) is 0 Å². The average Bonchev–Trinajstić information content (AvgIpc) is 2.22. The van der Waals surface area contributed by atoms with Gasteiger partial charge in [0.25, 0.3) is 0 Å². The molecular weight excluding hydrogens is 228 g/mol. The Labute approximate surface area is 102 Å². The summed E-state index contributed by atoms with van der Waals surface area (Å²) in [4.78, 5) is 22.9. The van der Waals surface area contributed by atoms with Gasteiger partial charge in [0.2, 0.25) is 11.8 Å². The van der Waals surface area contributed by atoms with E-state index in [0.29, 0.717) is 12.5 Å². The fourth-order valence-electron chi connectivity index (χ4n) is 0.841. The summed E-state index contributed by atoms with van der Waals surface area (Å²) in [5.41, 5.74) is -0.639. The van der Waals surface area contributed by atoms with Crippen molar-refractivity contribution in [1.82, 2.24) is 10.6 Å². The molecule has 0 heterocycles. The van der Waals surface area contributed by atoms with Crippen LogP contribution in [0.25, 0.3) is 0 Å². The van der Waals surface area contributed by atoms with Crippen molar-refractivity contribution in [2.24, 2.45) is 11.3 Å². The number of nitrogens with one attached hydrogen (secondary N) is 2. The second-order valence-electron chi connectivity index (χ2n) is 4.90. The zero-order chi connectivity index (χ0) is 12.8. The minimum absolute atomic E-state index is 0.00583. The van der Waals surface area contributed by atoms with Crippen LogP contribution in [0.1, 0.15) is 27.7 Å². The van der Waals surface area contributed by atoms with Crippen molar-refractivity contribution in [2.45, 2.75) is 27.7 Å². The Balaban J connectivity index is 3.89. The van der Waals surface area contributed by atoms with Crippen molar-refractivity contribution < 1.29 is 9.59 Å². The zero-order valence-corrected chi connectivity index (χ0v) is 11.1. The van der Waals surface area contributed by atoms with Gasteiger partial charge in [0.1, 0.15) is 0 Å². The normalized spacial score (nSPS) is 11.4. The van der Waals surface area contributed by atoms with Crippen LogP contribution >= 0.6 is 11.6 Å². The summed E-state index contributed by atoms with van der Waals surface area (Å²) >= 11 is 5.64. The fourth-order valence-corrected chi connectivity index (χ4v) is 0.962. The number of carbonyl (C=O) groups is 2. The molecule has 2 N–H and O–H groups in total. The molecule has 0 aliphatic heterocycles. The maximum absolute atomic E-state index is 11.6. The van der Waals surface area contributed by atoms with E-state index < -0.39 is 5.41 Å². The number of rotatable bonds is 6. The summed E-state index contributed by atoms with van der Waals surface area (Å²) in [5, 5.41) is 5.28. The molecule has 0 spiro atoms. The van der Waals surface area contributed by atoms with Gasteiger partial charge in [-0.05, 0) is 19.8 Å². The van der Waals surface area contributed by atoms with E-state index in [1.165, 1.54) is 0 Å². The van der Waals surface area contributed by atoms with Crippen molar-refractivity contribution in [1.29, 1.82) is 0 Å². The van der Waals surface area contributed by atoms with Gasteiger partial charge in [-0.2, -0.15) is 0 Å². The van der Waals surface area contributed by atoms with Gasteiger partial charge in [-0.3, -0.25) is 9.59 Å². The maximum atomic E-state index is 11.6. The van der Waals surface area contributed by atoms with Crippen LogP contribution in [-0.4, -0.2) is 30.8 Å². The van der Waals surface area contributed by atoms with Gasteiger partial charge >= 0.3 is 0 Å². The third kappa shape index (κ3) is 5.95. The molecule has 0 aromatic rings. The van der Waals surface area contributed by atoms with Crippen LogP contribution in [0.5, 0.6) is 0 Å². The molecule has 0 radical (unpaired) electrons. The zero-order valence-electron chi connectivity index (χ0n) is 10.4. The smallest absolute Gasteiger partial charge is 0.239 e. The predicted molar refractivity (Wildman–Crippen MR) is 65.4 cm³/mol. The van der Waals surface area contributed by atoms with Crippen LogP contribution in [0, 0.1) is 11.3 Å². The van der Waals surface area contributed by atoms with Gasteiger partial charge in [-0.25, -0.2) is 0 Å². The molecule has 0 saturated carbocycles. The summed E-state index contributed by atoms with van der Waals surface area (Å²) in [6.45, 7) is 8.12. The molecule has 0 aromatic carbocycles. The second-order valence-corrected chi connectivity index (χ2v) is 5.17. The van der Waals surface area contributed by atoms with Gasteiger partial charge in [0.15, 0.2) is 0 Å². The molecule has 0 saturated heterocycles. The summed E-state index contributed by atoms with van der Waals surface area (Å²) in [6.07, 6.45) is 0. The lowest BCUT2D eigenvalue weighted by molar-refractivity contribution is -0.131. The van der Waals surface area contributed by atoms with Crippen LogP contribution in [0.3, 0.4) is 0 Å². The van der Waals surface area contributed by atoms with E-state index in [9.17, 15) is 9.59 Å². The Morgan fingerprint density at radius 1 is 1.25 bits per heavy atom. The predicted octanol–water partition coefficient (Wildman–Crippen LogP) is 1.14. The molecule has 0 aliphatic rings. The van der Waals surface area contributed by atoms with Crippen molar-refractivity contribution in [2.75, 3.05) is 19.0 Å². The summed E-state index contributed by atoms with van der Waals surface area (Å²) < 4.78 is 0. The van der Waals surface area contributed by atoms with Crippen molar-refractivity contribution in [3.63, 3.8) is 0 Å². The average molecular weight is 249 g/mol. The van der Waals surface area contributed by atoms with E-state index in [-0.39, 0.29) is 24.2 Å². The molecule has 16 heavy (non-hydrogen) atoms. The number of hydrogen-bond acceptors (Lipinski definition) is 2. The van der Waals surface area contributed by atoms with E-state index in [1.807, 2.05) is 13.8 Å². The van der Waals surface area contributed by atoms with Gasteiger partial charge < -0.3 is 10.6 Å². The Bertz CT molecular complexity index is 252. The van der Waals surface area contributed by atoms with E-state index in [1.54, 1.807) is 13.8 Å². The number of amides is 2. The minimum atomic E-state index is -0.639. The summed E-state index contributed by atoms with van der Waals surface area (Å²) in [6, 6.07) is 0. The molecule has 0 bridgehead atoms. The maximum Gasteiger partial charge on any atom is 0.239 e. The summed E-state index contributed by atoms with van der Waals surface area (Å²) in [7, 11) is 0. The highest BCUT2D eigenvalue weighted by atomic mass is 35.5. The molecule has 0 rings (SSSR count). The van der Waals surface area contributed by atoms with Crippen LogP contribution in [0.2, 0.25) is 0 Å². The van der Waals surface area contributed by atoms with Crippen LogP contribution in [0.15, 0.2) is 0 Å². The monoisotopic (exact) mass is 248 g/mol. The molecule has 0 aliphatic carbocycles. The molecule has 0 aromatic heterocycles. The minimum Gasteiger partial charge on any atom is -0.354 e. The number of hydrogen-bond donors (Lipinski definition) is 2. The molecule has 0 unspecified atom stereocenters. The molecule has 2 amide bonds.